The largest absolute Gasteiger partial charge is 0.352 e. The zero-order valence-electron chi connectivity index (χ0n) is 12.8. The second-order valence-corrected chi connectivity index (χ2v) is 6.66. The molecule has 116 valence electrons. The maximum Gasteiger partial charge on any atom is 0.226 e. The van der Waals surface area contributed by atoms with Crippen LogP contribution in [0.25, 0.3) is 10.6 Å². The minimum absolute atomic E-state index is 0.0643. The quantitative estimate of drug-likeness (QED) is 0.911. The number of hydrogen-bond donors (Lipinski definition) is 2. The summed E-state index contributed by atoms with van der Waals surface area (Å²) < 4.78 is 0. The molecule has 2 aromatic rings. The molecule has 1 aliphatic rings. The van der Waals surface area contributed by atoms with Gasteiger partial charge < -0.3 is 10.6 Å². The fourth-order valence-electron chi connectivity index (χ4n) is 2.64. The molecule has 2 N–H and O–H groups in total. The smallest absolute Gasteiger partial charge is 0.226 e. The van der Waals surface area contributed by atoms with Crippen LogP contribution in [0.15, 0.2) is 29.6 Å². The van der Waals surface area contributed by atoms with E-state index in [1.54, 1.807) is 11.3 Å². The Balaban J connectivity index is 1.59. The lowest BCUT2D eigenvalue weighted by Crippen LogP contribution is -2.46. The summed E-state index contributed by atoms with van der Waals surface area (Å²) in [5.74, 6) is 0.0643. The summed E-state index contributed by atoms with van der Waals surface area (Å²) in [6.07, 6.45) is 2.54. The van der Waals surface area contributed by atoms with Crippen molar-refractivity contribution in [1.82, 2.24) is 15.6 Å². The monoisotopic (exact) mass is 315 g/mol. The Bertz CT molecular complexity index is 630. The number of carbonyl (C=O) groups excluding carboxylic acids is 1. The minimum Gasteiger partial charge on any atom is -0.352 e. The van der Waals surface area contributed by atoms with Crippen molar-refractivity contribution >= 4 is 17.2 Å². The summed E-state index contributed by atoms with van der Waals surface area (Å²) in [6, 6.07) is 8.58. The summed E-state index contributed by atoms with van der Waals surface area (Å²) in [4.78, 5) is 16.7. The Hall–Kier alpha value is -1.72. The van der Waals surface area contributed by atoms with Crippen molar-refractivity contribution < 1.29 is 4.79 Å². The third kappa shape index (κ3) is 3.93. The predicted octanol–water partition coefficient (Wildman–Crippen LogP) is 2.53. The van der Waals surface area contributed by atoms with Gasteiger partial charge >= 0.3 is 0 Å². The average Bonchev–Trinajstić information content (AvgIpc) is 2.97. The Labute approximate surface area is 135 Å². The van der Waals surface area contributed by atoms with Crippen molar-refractivity contribution in [1.29, 1.82) is 0 Å². The van der Waals surface area contributed by atoms with Crippen molar-refractivity contribution in [2.45, 2.75) is 32.2 Å². The number of nitrogens with zero attached hydrogens (tertiary/aromatic N) is 1. The van der Waals surface area contributed by atoms with Crippen molar-refractivity contribution in [3.63, 3.8) is 0 Å². The fraction of sp³-hybridized carbons (Fsp3) is 0.412. The first-order valence-electron chi connectivity index (χ1n) is 7.72. The van der Waals surface area contributed by atoms with Crippen LogP contribution >= 0.6 is 11.3 Å². The van der Waals surface area contributed by atoms with Crippen molar-refractivity contribution in [3.8, 4) is 10.6 Å². The number of aromatic nitrogens is 1. The van der Waals surface area contributed by atoms with Gasteiger partial charge in [-0.15, -0.1) is 11.3 Å². The van der Waals surface area contributed by atoms with E-state index in [2.05, 4.69) is 46.8 Å². The van der Waals surface area contributed by atoms with E-state index < -0.39 is 0 Å². The van der Waals surface area contributed by atoms with Crippen molar-refractivity contribution in [2.75, 3.05) is 13.1 Å². The molecule has 0 bridgehead atoms. The number of amides is 1. The summed E-state index contributed by atoms with van der Waals surface area (Å²) in [5.41, 5.74) is 3.20. The maximum absolute atomic E-state index is 12.1. The van der Waals surface area contributed by atoms with Gasteiger partial charge in [0.1, 0.15) is 5.01 Å². The molecule has 1 amide bonds. The normalized spacial score (nSPS) is 18.1. The molecule has 5 heteroatoms. The molecule has 1 atom stereocenters. The Kier molecular flexibility index (Phi) is 4.85. The van der Waals surface area contributed by atoms with Gasteiger partial charge in [0.05, 0.1) is 12.1 Å². The molecule has 0 radical (unpaired) electrons. The standard InChI is InChI=1S/C17H21N3OS/c1-12-4-6-13(7-5-12)17-20-15(11-22-17)9-16(21)19-14-3-2-8-18-10-14/h4-7,11,14,18H,2-3,8-10H2,1H3,(H,19,21)/t14-/m0/s1. The van der Waals surface area contributed by atoms with Gasteiger partial charge in [0.2, 0.25) is 5.91 Å². The van der Waals surface area contributed by atoms with Gasteiger partial charge in [0, 0.05) is 23.5 Å². The molecule has 1 aromatic heterocycles. The molecule has 1 aromatic carbocycles. The SMILES string of the molecule is Cc1ccc(-c2nc(CC(=O)N[C@H]3CCCNC3)cs2)cc1. The van der Waals surface area contributed by atoms with Crippen LogP contribution in [0.4, 0.5) is 0 Å². The number of benzene rings is 1. The van der Waals surface area contributed by atoms with E-state index in [9.17, 15) is 4.79 Å². The number of thiazole rings is 1. The van der Waals surface area contributed by atoms with E-state index in [-0.39, 0.29) is 11.9 Å². The number of piperidine rings is 1. The van der Waals surface area contributed by atoms with E-state index in [1.807, 2.05) is 5.38 Å². The summed E-state index contributed by atoms with van der Waals surface area (Å²) >= 11 is 1.59. The molecule has 0 saturated carbocycles. The zero-order valence-corrected chi connectivity index (χ0v) is 13.6. The first-order valence-corrected chi connectivity index (χ1v) is 8.60. The second-order valence-electron chi connectivity index (χ2n) is 5.80. The fourth-order valence-corrected chi connectivity index (χ4v) is 3.46. The number of rotatable bonds is 4. The van der Waals surface area contributed by atoms with Crippen LogP contribution in [0.3, 0.4) is 0 Å². The van der Waals surface area contributed by atoms with Gasteiger partial charge in [-0.25, -0.2) is 4.98 Å². The van der Waals surface area contributed by atoms with E-state index in [4.69, 9.17) is 0 Å². The molecule has 0 spiro atoms. The molecule has 1 saturated heterocycles. The summed E-state index contributed by atoms with van der Waals surface area (Å²) in [5, 5.41) is 9.35. The van der Waals surface area contributed by atoms with Crippen LogP contribution in [-0.4, -0.2) is 30.0 Å². The van der Waals surface area contributed by atoms with E-state index in [0.717, 1.165) is 42.2 Å². The molecule has 1 fully saturated rings. The molecule has 3 rings (SSSR count). The summed E-state index contributed by atoms with van der Waals surface area (Å²) in [6.45, 7) is 4.00. The van der Waals surface area contributed by atoms with Gasteiger partial charge in [-0.1, -0.05) is 29.8 Å². The average molecular weight is 315 g/mol. The Morgan fingerprint density at radius 1 is 1.41 bits per heavy atom. The highest BCUT2D eigenvalue weighted by Gasteiger charge is 2.16. The lowest BCUT2D eigenvalue weighted by Gasteiger charge is -2.23. The lowest BCUT2D eigenvalue weighted by atomic mass is 10.1. The number of carbonyl (C=O) groups is 1. The maximum atomic E-state index is 12.1. The van der Waals surface area contributed by atoms with Crippen LogP contribution < -0.4 is 10.6 Å². The molecule has 2 heterocycles. The van der Waals surface area contributed by atoms with E-state index in [0.29, 0.717) is 6.42 Å². The molecular weight excluding hydrogens is 294 g/mol. The van der Waals surface area contributed by atoms with E-state index >= 15 is 0 Å². The molecule has 0 unspecified atom stereocenters. The molecule has 4 nitrogen and oxygen atoms in total. The van der Waals surface area contributed by atoms with Crippen LogP contribution in [-0.2, 0) is 11.2 Å². The third-order valence-corrected chi connectivity index (χ3v) is 4.79. The number of aryl methyl sites for hydroxylation is 1. The highest BCUT2D eigenvalue weighted by atomic mass is 32.1. The van der Waals surface area contributed by atoms with Gasteiger partial charge in [-0.05, 0) is 26.3 Å². The van der Waals surface area contributed by atoms with Crippen LogP contribution in [0.1, 0.15) is 24.1 Å². The number of hydrogen-bond acceptors (Lipinski definition) is 4. The Morgan fingerprint density at radius 2 is 2.23 bits per heavy atom. The van der Waals surface area contributed by atoms with Crippen molar-refractivity contribution in [3.05, 3.63) is 40.9 Å². The third-order valence-electron chi connectivity index (χ3n) is 3.85. The van der Waals surface area contributed by atoms with Crippen molar-refractivity contribution in [2.24, 2.45) is 0 Å². The highest BCUT2D eigenvalue weighted by molar-refractivity contribution is 7.13. The molecule has 0 aliphatic carbocycles. The van der Waals surface area contributed by atoms with Crippen LogP contribution in [0, 0.1) is 6.92 Å². The second kappa shape index (κ2) is 7.03. The van der Waals surface area contributed by atoms with Gasteiger partial charge in [0.25, 0.3) is 0 Å². The predicted molar refractivity (Wildman–Crippen MR) is 90.0 cm³/mol. The molecule has 22 heavy (non-hydrogen) atoms. The number of nitrogens with one attached hydrogen (secondary N) is 2. The Morgan fingerprint density at radius 3 is 2.95 bits per heavy atom. The highest BCUT2D eigenvalue weighted by Crippen LogP contribution is 2.24. The van der Waals surface area contributed by atoms with Crippen LogP contribution in [0.2, 0.25) is 0 Å². The first-order chi connectivity index (χ1) is 10.7. The van der Waals surface area contributed by atoms with Crippen LogP contribution in [0.5, 0.6) is 0 Å². The first kappa shape index (κ1) is 15.2. The van der Waals surface area contributed by atoms with Gasteiger partial charge in [0.15, 0.2) is 0 Å². The topological polar surface area (TPSA) is 54.0 Å². The lowest BCUT2D eigenvalue weighted by molar-refractivity contribution is -0.121. The van der Waals surface area contributed by atoms with Gasteiger partial charge in [-0.3, -0.25) is 4.79 Å². The molecule has 1 aliphatic heterocycles. The zero-order chi connectivity index (χ0) is 15.4. The summed E-state index contributed by atoms with van der Waals surface area (Å²) in [7, 11) is 0. The van der Waals surface area contributed by atoms with E-state index in [1.165, 1.54) is 5.56 Å². The minimum atomic E-state index is 0.0643. The van der Waals surface area contributed by atoms with Gasteiger partial charge in [-0.2, -0.15) is 0 Å². The molecular formula is C17H21N3OS.